The van der Waals surface area contributed by atoms with Gasteiger partial charge in [-0.1, -0.05) is 60.1 Å². The number of benzene rings is 3. The lowest BCUT2D eigenvalue weighted by Gasteiger charge is -2.23. The molecular weight excluding hydrogens is 498 g/mol. The molecule has 4 aromatic rings. The number of nitrogens with zero attached hydrogens (tertiary/aromatic N) is 3. The first-order valence-electron chi connectivity index (χ1n) is 11.2. The molecule has 1 heterocycles. The van der Waals surface area contributed by atoms with Gasteiger partial charge in [-0.05, 0) is 53.4 Å². The molecule has 0 atom stereocenters. The van der Waals surface area contributed by atoms with Gasteiger partial charge in [0.25, 0.3) is 0 Å². The number of rotatable bonds is 10. The highest BCUT2D eigenvalue weighted by Crippen LogP contribution is 2.24. The summed E-state index contributed by atoms with van der Waals surface area (Å²) in [5.41, 5.74) is 3.24. The van der Waals surface area contributed by atoms with Gasteiger partial charge < -0.3 is 5.11 Å². The Morgan fingerprint density at radius 3 is 2.14 bits per heavy atom. The van der Waals surface area contributed by atoms with Crippen LogP contribution in [0.25, 0.3) is 11.4 Å². The molecule has 0 aliphatic carbocycles. The van der Waals surface area contributed by atoms with Crippen molar-refractivity contribution in [3.8, 4) is 11.4 Å². The zero-order valence-electron chi connectivity index (χ0n) is 19.3. The Kier molecular flexibility index (Phi) is 8.10. The summed E-state index contributed by atoms with van der Waals surface area (Å²) in [5, 5.41) is 9.44. The summed E-state index contributed by atoms with van der Waals surface area (Å²) in [7, 11) is -3.86. The van der Waals surface area contributed by atoms with Gasteiger partial charge in [-0.15, -0.1) is 0 Å². The minimum atomic E-state index is -3.86. The first-order valence-corrected chi connectivity index (χ1v) is 13.0. The van der Waals surface area contributed by atoms with Gasteiger partial charge in [0.1, 0.15) is 0 Å². The second kappa shape index (κ2) is 11.4. The Morgan fingerprint density at radius 2 is 1.47 bits per heavy atom. The lowest BCUT2D eigenvalue weighted by molar-refractivity contribution is -0.136. The van der Waals surface area contributed by atoms with Gasteiger partial charge in [-0.25, -0.2) is 18.4 Å². The topological polar surface area (TPSA) is 100 Å². The Labute approximate surface area is 215 Å². The van der Waals surface area contributed by atoms with Crippen molar-refractivity contribution in [3.05, 3.63) is 113 Å². The minimum Gasteiger partial charge on any atom is -0.481 e. The van der Waals surface area contributed by atoms with Crippen LogP contribution in [0.2, 0.25) is 5.02 Å². The molecule has 0 spiro atoms. The molecule has 4 rings (SSSR count). The number of aryl methyl sites for hydroxylation is 1. The third kappa shape index (κ3) is 6.54. The van der Waals surface area contributed by atoms with Crippen molar-refractivity contribution in [2.75, 3.05) is 0 Å². The summed E-state index contributed by atoms with van der Waals surface area (Å²) in [5.74, 6) is -0.287. The van der Waals surface area contributed by atoms with E-state index in [1.54, 1.807) is 30.6 Å². The monoisotopic (exact) mass is 521 g/mol. The predicted octanol–water partition coefficient (Wildman–Crippen LogP) is 5.21. The first-order chi connectivity index (χ1) is 17.3. The van der Waals surface area contributed by atoms with Crippen molar-refractivity contribution >= 4 is 27.6 Å². The number of sulfonamides is 1. The molecule has 0 amide bonds. The molecule has 0 bridgehead atoms. The number of carbonyl (C=O) groups is 1. The quantitative estimate of drug-likeness (QED) is 0.307. The highest BCUT2D eigenvalue weighted by molar-refractivity contribution is 7.89. The average molecular weight is 522 g/mol. The van der Waals surface area contributed by atoms with E-state index in [1.165, 1.54) is 16.4 Å². The Hall–Kier alpha value is -3.59. The fraction of sp³-hybridized carbons (Fsp3) is 0.148. The normalized spacial score (nSPS) is 11.5. The molecule has 0 radical (unpaired) electrons. The number of aliphatic carboxylic acids is 1. The number of carboxylic acids is 1. The number of halogens is 1. The summed E-state index contributed by atoms with van der Waals surface area (Å²) in [6.45, 7) is 0.260. The third-order valence-corrected chi connectivity index (χ3v) is 7.62. The highest BCUT2D eigenvalue weighted by Gasteiger charge is 2.25. The summed E-state index contributed by atoms with van der Waals surface area (Å²) in [6.07, 6.45) is 3.71. The van der Waals surface area contributed by atoms with Crippen molar-refractivity contribution in [1.29, 1.82) is 0 Å². The molecule has 36 heavy (non-hydrogen) atoms. The molecule has 1 aromatic heterocycles. The Balaban J connectivity index is 1.63. The molecule has 9 heteroatoms. The van der Waals surface area contributed by atoms with Crippen LogP contribution in [0, 0.1) is 0 Å². The van der Waals surface area contributed by atoms with Crippen LogP contribution >= 0.6 is 11.6 Å². The maximum Gasteiger partial charge on any atom is 0.303 e. The summed E-state index contributed by atoms with van der Waals surface area (Å²) >= 11 is 5.98. The molecule has 184 valence electrons. The number of aromatic nitrogens is 2. The maximum atomic E-state index is 13.6. The van der Waals surface area contributed by atoms with Crippen LogP contribution in [0.15, 0.2) is 96.2 Å². The fourth-order valence-electron chi connectivity index (χ4n) is 3.73. The van der Waals surface area contributed by atoms with E-state index in [4.69, 9.17) is 16.7 Å². The molecule has 0 aliphatic rings. The van der Waals surface area contributed by atoms with E-state index in [9.17, 15) is 13.2 Å². The molecule has 0 saturated carbocycles. The predicted molar refractivity (Wildman–Crippen MR) is 138 cm³/mol. The van der Waals surface area contributed by atoms with Gasteiger partial charge in [0, 0.05) is 42.5 Å². The maximum absolute atomic E-state index is 13.6. The van der Waals surface area contributed by atoms with E-state index in [0.717, 1.165) is 22.3 Å². The van der Waals surface area contributed by atoms with Crippen molar-refractivity contribution < 1.29 is 18.3 Å². The lowest BCUT2D eigenvalue weighted by Crippen LogP contribution is -2.30. The van der Waals surface area contributed by atoms with Gasteiger partial charge in [0.15, 0.2) is 5.82 Å². The van der Waals surface area contributed by atoms with Gasteiger partial charge in [0.2, 0.25) is 10.0 Å². The average Bonchev–Trinajstić information content (AvgIpc) is 2.88. The highest BCUT2D eigenvalue weighted by atomic mass is 35.5. The van der Waals surface area contributed by atoms with Crippen LogP contribution in [0.4, 0.5) is 0 Å². The fourth-order valence-corrected chi connectivity index (χ4v) is 5.27. The SMILES string of the molecule is O=C(O)CCc1cccc(CN(Cc2ccc(-c3ncccn3)cc2)S(=O)(=O)c2ccc(Cl)cc2)c1. The molecule has 0 aliphatic heterocycles. The smallest absolute Gasteiger partial charge is 0.303 e. The lowest BCUT2D eigenvalue weighted by atomic mass is 10.1. The van der Waals surface area contributed by atoms with Crippen LogP contribution in [0.1, 0.15) is 23.1 Å². The molecule has 3 aromatic carbocycles. The van der Waals surface area contributed by atoms with Crippen molar-refractivity contribution in [2.45, 2.75) is 30.8 Å². The van der Waals surface area contributed by atoms with Crippen LogP contribution in [0.3, 0.4) is 0 Å². The molecule has 0 fully saturated rings. The zero-order chi connectivity index (χ0) is 25.5. The number of carboxylic acid groups (broad SMARTS) is 1. The Morgan fingerprint density at radius 1 is 0.833 bits per heavy atom. The van der Waals surface area contributed by atoms with E-state index < -0.39 is 16.0 Å². The minimum absolute atomic E-state index is 0.00766. The van der Waals surface area contributed by atoms with Crippen LogP contribution in [-0.2, 0) is 34.3 Å². The molecule has 1 N–H and O–H groups in total. The van der Waals surface area contributed by atoms with Gasteiger partial charge >= 0.3 is 5.97 Å². The standard InChI is InChI=1S/C27H24ClN3O4S/c28-24-10-12-25(13-11-24)36(34,35)31(19-22-4-1-3-20(17-22)7-14-26(32)33)18-21-5-8-23(9-6-21)27-29-15-2-16-30-27/h1-6,8-13,15-17H,7,14,18-19H2,(H,32,33). The van der Waals surface area contributed by atoms with Crippen molar-refractivity contribution in [2.24, 2.45) is 0 Å². The second-order valence-electron chi connectivity index (χ2n) is 8.21. The van der Waals surface area contributed by atoms with Crippen LogP contribution in [-0.4, -0.2) is 33.8 Å². The van der Waals surface area contributed by atoms with Crippen LogP contribution < -0.4 is 0 Å². The van der Waals surface area contributed by atoms with Crippen LogP contribution in [0.5, 0.6) is 0 Å². The van der Waals surface area contributed by atoms with Gasteiger partial charge in [0.05, 0.1) is 4.90 Å². The van der Waals surface area contributed by atoms with E-state index >= 15 is 0 Å². The second-order valence-corrected chi connectivity index (χ2v) is 10.6. The summed E-state index contributed by atoms with van der Waals surface area (Å²) < 4.78 is 28.7. The van der Waals surface area contributed by atoms with E-state index in [2.05, 4.69) is 9.97 Å². The zero-order valence-corrected chi connectivity index (χ0v) is 20.9. The number of hydrogen-bond donors (Lipinski definition) is 1. The molecule has 0 saturated heterocycles. The van der Waals surface area contributed by atoms with Crippen molar-refractivity contribution in [3.63, 3.8) is 0 Å². The number of hydrogen-bond acceptors (Lipinski definition) is 5. The summed E-state index contributed by atoms with van der Waals surface area (Å²) in [6, 6.07) is 22.6. The van der Waals surface area contributed by atoms with E-state index in [-0.39, 0.29) is 24.4 Å². The largest absolute Gasteiger partial charge is 0.481 e. The Bertz CT molecular complexity index is 1430. The molecule has 7 nitrogen and oxygen atoms in total. The van der Waals surface area contributed by atoms with Crippen molar-refractivity contribution in [1.82, 2.24) is 14.3 Å². The van der Waals surface area contributed by atoms with E-state index in [0.29, 0.717) is 17.3 Å². The molecule has 0 unspecified atom stereocenters. The summed E-state index contributed by atoms with van der Waals surface area (Å²) in [4.78, 5) is 19.6. The van der Waals surface area contributed by atoms with E-state index in [1.807, 2.05) is 48.5 Å². The van der Waals surface area contributed by atoms with Gasteiger partial charge in [-0.3, -0.25) is 4.79 Å². The first kappa shape index (κ1) is 25.5. The van der Waals surface area contributed by atoms with Gasteiger partial charge in [-0.2, -0.15) is 4.31 Å². The molecular formula is C27H24ClN3O4S. The third-order valence-electron chi connectivity index (χ3n) is 5.57.